The molecule has 3 rings (SSSR count). The summed E-state index contributed by atoms with van der Waals surface area (Å²) in [5.74, 6) is -1.09. The second kappa shape index (κ2) is 11.0. The van der Waals surface area contributed by atoms with Crippen molar-refractivity contribution in [2.75, 3.05) is 13.7 Å². The molecule has 1 aliphatic heterocycles. The number of hydrogen-bond acceptors (Lipinski definition) is 6. The second-order valence-corrected chi connectivity index (χ2v) is 10.4. The van der Waals surface area contributed by atoms with E-state index < -0.39 is 28.0 Å². The molecule has 9 heteroatoms. The molecule has 0 spiro atoms. The maximum atomic E-state index is 13.4. The lowest BCUT2D eigenvalue weighted by molar-refractivity contribution is -0.129. The fraction of sp³-hybridized carbons (Fsp3) is 0.440. The molecule has 2 aromatic carbocycles. The standard InChI is InChI=1S/C25H32N2O6S/c1-17-10-8-9-15-27(17)34(30,31)23-16-21(13-14-22(23)32-4)25(29)33-19(3)24(28)26-18(2)20-11-6-5-7-12-20/h5-7,11-14,16-19H,8-10,15H2,1-4H3,(H,26,28). The number of methoxy groups -OCH3 is 1. The number of carbonyl (C=O) groups is 2. The van der Waals surface area contributed by atoms with Crippen LogP contribution < -0.4 is 10.1 Å². The van der Waals surface area contributed by atoms with Gasteiger partial charge < -0.3 is 14.8 Å². The van der Waals surface area contributed by atoms with Crippen molar-refractivity contribution in [3.63, 3.8) is 0 Å². The van der Waals surface area contributed by atoms with E-state index in [9.17, 15) is 18.0 Å². The summed E-state index contributed by atoms with van der Waals surface area (Å²) >= 11 is 0. The highest BCUT2D eigenvalue weighted by Crippen LogP contribution is 2.32. The Balaban J connectivity index is 1.75. The van der Waals surface area contributed by atoms with Gasteiger partial charge in [-0.25, -0.2) is 13.2 Å². The Morgan fingerprint density at radius 3 is 2.44 bits per heavy atom. The lowest BCUT2D eigenvalue weighted by atomic mass is 10.1. The largest absolute Gasteiger partial charge is 0.495 e. The molecule has 0 aliphatic carbocycles. The number of rotatable bonds is 8. The van der Waals surface area contributed by atoms with E-state index in [1.165, 1.54) is 36.5 Å². The number of esters is 1. The van der Waals surface area contributed by atoms with Crippen molar-refractivity contribution in [3.05, 3.63) is 59.7 Å². The van der Waals surface area contributed by atoms with Crippen LogP contribution in [0.4, 0.5) is 0 Å². The van der Waals surface area contributed by atoms with Crippen LogP contribution in [0.2, 0.25) is 0 Å². The molecule has 0 aromatic heterocycles. The van der Waals surface area contributed by atoms with Crippen LogP contribution in [-0.2, 0) is 19.6 Å². The number of benzene rings is 2. The van der Waals surface area contributed by atoms with Crippen LogP contribution in [0, 0.1) is 0 Å². The van der Waals surface area contributed by atoms with Gasteiger partial charge in [0.1, 0.15) is 10.6 Å². The number of nitrogens with zero attached hydrogens (tertiary/aromatic N) is 1. The molecule has 1 aliphatic rings. The molecule has 0 saturated carbocycles. The molecule has 1 fully saturated rings. The summed E-state index contributed by atoms with van der Waals surface area (Å²) in [6, 6.07) is 13.1. The zero-order chi connectivity index (χ0) is 24.9. The maximum absolute atomic E-state index is 13.4. The SMILES string of the molecule is COc1ccc(C(=O)OC(C)C(=O)NC(C)c2ccccc2)cc1S(=O)(=O)N1CCCCC1C. The first-order valence-corrected chi connectivity index (χ1v) is 12.9. The minimum Gasteiger partial charge on any atom is -0.495 e. The van der Waals surface area contributed by atoms with E-state index in [1.807, 2.05) is 44.2 Å². The predicted octanol–water partition coefficient (Wildman–Crippen LogP) is 3.68. The van der Waals surface area contributed by atoms with Crippen molar-refractivity contribution in [2.45, 2.75) is 63.1 Å². The first-order chi connectivity index (χ1) is 16.1. The zero-order valence-corrected chi connectivity index (χ0v) is 20.8. The first kappa shape index (κ1) is 25.7. The van der Waals surface area contributed by atoms with E-state index in [-0.39, 0.29) is 28.3 Å². The smallest absolute Gasteiger partial charge is 0.338 e. The van der Waals surface area contributed by atoms with Gasteiger partial charge in [-0.15, -0.1) is 0 Å². The van der Waals surface area contributed by atoms with Gasteiger partial charge in [0, 0.05) is 12.6 Å². The van der Waals surface area contributed by atoms with Gasteiger partial charge in [-0.2, -0.15) is 4.31 Å². The van der Waals surface area contributed by atoms with Gasteiger partial charge in [-0.05, 0) is 57.4 Å². The van der Waals surface area contributed by atoms with E-state index in [1.54, 1.807) is 0 Å². The van der Waals surface area contributed by atoms with Gasteiger partial charge in [0.05, 0.1) is 18.7 Å². The highest BCUT2D eigenvalue weighted by atomic mass is 32.2. The van der Waals surface area contributed by atoms with Gasteiger partial charge in [0.15, 0.2) is 6.10 Å². The molecule has 2 aromatic rings. The molecule has 1 saturated heterocycles. The molecule has 184 valence electrons. The van der Waals surface area contributed by atoms with Crippen LogP contribution in [0.25, 0.3) is 0 Å². The Bertz CT molecular complexity index is 1120. The van der Waals surface area contributed by atoms with Crippen molar-refractivity contribution < 1.29 is 27.5 Å². The monoisotopic (exact) mass is 488 g/mol. The zero-order valence-electron chi connectivity index (χ0n) is 20.0. The van der Waals surface area contributed by atoms with Crippen LogP contribution in [0.5, 0.6) is 5.75 Å². The van der Waals surface area contributed by atoms with Crippen LogP contribution >= 0.6 is 0 Å². The van der Waals surface area contributed by atoms with Crippen LogP contribution in [-0.4, -0.2) is 50.4 Å². The first-order valence-electron chi connectivity index (χ1n) is 11.4. The minimum absolute atomic E-state index is 0.0276. The lowest BCUT2D eigenvalue weighted by Gasteiger charge is -2.32. The summed E-state index contributed by atoms with van der Waals surface area (Å²) in [4.78, 5) is 25.2. The third-order valence-corrected chi connectivity index (χ3v) is 8.07. The molecule has 1 heterocycles. The third-order valence-electron chi connectivity index (χ3n) is 6.04. The Kier molecular flexibility index (Phi) is 8.33. The Morgan fingerprint density at radius 2 is 1.79 bits per heavy atom. The number of nitrogens with one attached hydrogen (secondary N) is 1. The van der Waals surface area contributed by atoms with Gasteiger partial charge in [-0.3, -0.25) is 4.79 Å². The molecular weight excluding hydrogens is 456 g/mol. The van der Waals surface area contributed by atoms with Crippen LogP contribution in [0.15, 0.2) is 53.4 Å². The fourth-order valence-corrected chi connectivity index (χ4v) is 5.88. The van der Waals surface area contributed by atoms with Crippen molar-refractivity contribution in [2.24, 2.45) is 0 Å². The summed E-state index contributed by atoms with van der Waals surface area (Å²) in [7, 11) is -2.50. The van der Waals surface area contributed by atoms with Gasteiger partial charge >= 0.3 is 5.97 Å². The average molecular weight is 489 g/mol. The normalized spacial score (nSPS) is 18.5. The molecule has 8 nitrogen and oxygen atoms in total. The third kappa shape index (κ3) is 5.77. The number of hydrogen-bond donors (Lipinski definition) is 1. The summed E-state index contributed by atoms with van der Waals surface area (Å²) in [5.41, 5.74) is 0.950. The topological polar surface area (TPSA) is 102 Å². The van der Waals surface area contributed by atoms with E-state index in [0.717, 1.165) is 24.8 Å². The Labute approximate surface area is 201 Å². The van der Waals surface area contributed by atoms with E-state index in [0.29, 0.717) is 6.54 Å². The lowest BCUT2D eigenvalue weighted by Crippen LogP contribution is -2.42. The molecule has 1 N–H and O–H groups in total. The summed E-state index contributed by atoms with van der Waals surface area (Å²) in [6.07, 6.45) is 1.46. The molecule has 34 heavy (non-hydrogen) atoms. The maximum Gasteiger partial charge on any atom is 0.338 e. The van der Waals surface area contributed by atoms with Gasteiger partial charge in [0.2, 0.25) is 10.0 Å². The highest BCUT2D eigenvalue weighted by Gasteiger charge is 2.34. The minimum atomic E-state index is -3.88. The summed E-state index contributed by atoms with van der Waals surface area (Å²) < 4.78 is 38.8. The number of ether oxygens (including phenoxy) is 2. The average Bonchev–Trinajstić information content (AvgIpc) is 2.84. The Morgan fingerprint density at radius 1 is 1.09 bits per heavy atom. The van der Waals surface area contributed by atoms with Crippen LogP contribution in [0.3, 0.4) is 0 Å². The van der Waals surface area contributed by atoms with Crippen LogP contribution in [0.1, 0.15) is 62.0 Å². The van der Waals surface area contributed by atoms with E-state index in [4.69, 9.17) is 9.47 Å². The fourth-order valence-electron chi connectivity index (χ4n) is 4.00. The van der Waals surface area contributed by atoms with E-state index in [2.05, 4.69) is 5.32 Å². The Hall–Kier alpha value is -2.91. The van der Waals surface area contributed by atoms with Crippen molar-refractivity contribution in [3.8, 4) is 5.75 Å². The number of piperidine rings is 1. The number of carbonyl (C=O) groups excluding carboxylic acids is 2. The molecule has 0 bridgehead atoms. The highest BCUT2D eigenvalue weighted by molar-refractivity contribution is 7.89. The molecular formula is C25H32N2O6S. The van der Waals surface area contributed by atoms with Crippen molar-refractivity contribution in [1.29, 1.82) is 0 Å². The molecule has 1 amide bonds. The molecule has 3 atom stereocenters. The molecule has 3 unspecified atom stereocenters. The second-order valence-electron chi connectivity index (χ2n) is 8.51. The van der Waals surface area contributed by atoms with Crippen molar-refractivity contribution in [1.82, 2.24) is 9.62 Å². The van der Waals surface area contributed by atoms with Gasteiger partial charge in [-0.1, -0.05) is 36.8 Å². The van der Waals surface area contributed by atoms with E-state index >= 15 is 0 Å². The summed E-state index contributed by atoms with van der Waals surface area (Å²) in [6.45, 7) is 5.60. The number of sulfonamides is 1. The number of amides is 1. The van der Waals surface area contributed by atoms with Crippen molar-refractivity contribution >= 4 is 21.9 Å². The molecule has 0 radical (unpaired) electrons. The predicted molar refractivity (Wildman–Crippen MR) is 128 cm³/mol. The van der Waals surface area contributed by atoms with Gasteiger partial charge in [0.25, 0.3) is 5.91 Å². The quantitative estimate of drug-likeness (QED) is 0.569. The summed E-state index contributed by atoms with van der Waals surface area (Å²) in [5, 5.41) is 2.82.